The first-order valence-electron chi connectivity index (χ1n) is 7.92. The number of carbonyl (C=O) groups excluding carboxylic acids is 1. The van der Waals surface area contributed by atoms with E-state index in [1.54, 1.807) is 0 Å². The Balaban J connectivity index is 1.92. The van der Waals surface area contributed by atoms with Crippen LogP contribution in [0, 0.1) is 11.3 Å². The molecular weight excluding hydrogens is 278 g/mol. The SMILES string of the molecule is CC(C)(C)C1CCCN(C(=O)Cc2ccc(S)cc2)CC1. The van der Waals surface area contributed by atoms with Gasteiger partial charge in [0.1, 0.15) is 0 Å². The maximum Gasteiger partial charge on any atom is 0.226 e. The fourth-order valence-corrected chi connectivity index (χ4v) is 3.26. The highest BCUT2D eigenvalue weighted by Crippen LogP contribution is 2.34. The Bertz CT molecular complexity index is 475. The van der Waals surface area contributed by atoms with Crippen LogP contribution in [0.25, 0.3) is 0 Å². The van der Waals surface area contributed by atoms with Crippen molar-refractivity contribution in [3.63, 3.8) is 0 Å². The van der Waals surface area contributed by atoms with Gasteiger partial charge in [-0.2, -0.15) is 0 Å². The topological polar surface area (TPSA) is 20.3 Å². The van der Waals surface area contributed by atoms with Gasteiger partial charge in [0.2, 0.25) is 5.91 Å². The van der Waals surface area contributed by atoms with Crippen molar-refractivity contribution < 1.29 is 4.79 Å². The molecule has 1 heterocycles. The highest BCUT2D eigenvalue weighted by atomic mass is 32.1. The quantitative estimate of drug-likeness (QED) is 0.812. The maximum atomic E-state index is 12.5. The Kier molecular flexibility index (Phi) is 5.37. The highest BCUT2D eigenvalue weighted by Gasteiger charge is 2.28. The van der Waals surface area contributed by atoms with Crippen LogP contribution in [0.3, 0.4) is 0 Å². The number of amides is 1. The molecule has 1 aliphatic heterocycles. The number of carbonyl (C=O) groups is 1. The largest absolute Gasteiger partial charge is 0.342 e. The number of thiol groups is 1. The molecule has 0 aliphatic carbocycles. The van der Waals surface area contributed by atoms with E-state index in [0.717, 1.165) is 42.3 Å². The van der Waals surface area contributed by atoms with Crippen LogP contribution in [0.15, 0.2) is 29.2 Å². The minimum absolute atomic E-state index is 0.261. The molecule has 1 saturated heterocycles. The maximum absolute atomic E-state index is 12.5. The third kappa shape index (κ3) is 4.77. The molecule has 3 heteroatoms. The van der Waals surface area contributed by atoms with Crippen molar-refractivity contribution in [1.82, 2.24) is 4.90 Å². The first-order chi connectivity index (χ1) is 9.86. The smallest absolute Gasteiger partial charge is 0.226 e. The van der Waals surface area contributed by atoms with E-state index in [-0.39, 0.29) is 5.91 Å². The van der Waals surface area contributed by atoms with Crippen LogP contribution in [0.5, 0.6) is 0 Å². The average Bonchev–Trinajstić information content (AvgIpc) is 2.67. The first kappa shape index (κ1) is 16.4. The normalized spacial score (nSPS) is 20.2. The summed E-state index contributed by atoms with van der Waals surface area (Å²) >= 11 is 4.28. The first-order valence-corrected chi connectivity index (χ1v) is 8.36. The summed E-state index contributed by atoms with van der Waals surface area (Å²) in [6.45, 7) is 8.76. The molecule has 1 aromatic rings. The lowest BCUT2D eigenvalue weighted by Crippen LogP contribution is -2.33. The van der Waals surface area contributed by atoms with Gasteiger partial charge in [-0.15, -0.1) is 12.6 Å². The van der Waals surface area contributed by atoms with Crippen molar-refractivity contribution in [2.45, 2.75) is 51.3 Å². The van der Waals surface area contributed by atoms with E-state index in [2.05, 4.69) is 38.3 Å². The lowest BCUT2D eigenvalue weighted by molar-refractivity contribution is -0.130. The number of nitrogens with zero attached hydrogens (tertiary/aromatic N) is 1. The second-order valence-corrected chi connectivity index (χ2v) is 7.73. The Hall–Kier alpha value is -0.960. The summed E-state index contributed by atoms with van der Waals surface area (Å²) < 4.78 is 0. The molecule has 0 saturated carbocycles. The van der Waals surface area contributed by atoms with Crippen LogP contribution in [0.1, 0.15) is 45.6 Å². The fourth-order valence-electron chi connectivity index (χ4n) is 3.11. The van der Waals surface area contributed by atoms with Crippen molar-refractivity contribution >= 4 is 18.5 Å². The van der Waals surface area contributed by atoms with Crippen LogP contribution >= 0.6 is 12.6 Å². The summed E-state index contributed by atoms with van der Waals surface area (Å²) in [4.78, 5) is 15.5. The van der Waals surface area contributed by atoms with Crippen molar-refractivity contribution in [3.8, 4) is 0 Å². The Morgan fingerprint density at radius 1 is 1.19 bits per heavy atom. The molecule has 21 heavy (non-hydrogen) atoms. The van der Waals surface area contributed by atoms with Gasteiger partial charge in [-0.3, -0.25) is 4.79 Å². The average molecular weight is 305 g/mol. The Morgan fingerprint density at radius 2 is 1.86 bits per heavy atom. The van der Waals surface area contributed by atoms with Crippen molar-refractivity contribution in [3.05, 3.63) is 29.8 Å². The van der Waals surface area contributed by atoms with Gasteiger partial charge in [0, 0.05) is 18.0 Å². The zero-order chi connectivity index (χ0) is 15.5. The zero-order valence-corrected chi connectivity index (χ0v) is 14.3. The van der Waals surface area contributed by atoms with Gasteiger partial charge in [0.25, 0.3) is 0 Å². The van der Waals surface area contributed by atoms with Crippen molar-refractivity contribution in [1.29, 1.82) is 0 Å². The molecule has 1 amide bonds. The van der Waals surface area contributed by atoms with Gasteiger partial charge in [-0.25, -0.2) is 0 Å². The summed E-state index contributed by atoms with van der Waals surface area (Å²) in [5, 5.41) is 0. The molecule has 0 spiro atoms. The Morgan fingerprint density at radius 3 is 2.48 bits per heavy atom. The number of likely N-dealkylation sites (tertiary alicyclic amines) is 1. The molecule has 1 aliphatic rings. The van der Waals surface area contributed by atoms with Crippen LogP contribution in [-0.2, 0) is 11.2 Å². The molecule has 2 nitrogen and oxygen atoms in total. The Labute approximate surface area is 134 Å². The number of benzene rings is 1. The second kappa shape index (κ2) is 6.87. The van der Waals surface area contributed by atoms with Crippen LogP contribution in [0.2, 0.25) is 0 Å². The summed E-state index contributed by atoms with van der Waals surface area (Å²) in [5.74, 6) is 0.982. The van der Waals surface area contributed by atoms with Gasteiger partial charge in [0.05, 0.1) is 6.42 Å². The van der Waals surface area contributed by atoms with E-state index >= 15 is 0 Å². The van der Waals surface area contributed by atoms with Crippen molar-refractivity contribution in [2.24, 2.45) is 11.3 Å². The summed E-state index contributed by atoms with van der Waals surface area (Å²) in [6.07, 6.45) is 4.00. The molecule has 1 fully saturated rings. The second-order valence-electron chi connectivity index (χ2n) is 7.22. The van der Waals surface area contributed by atoms with Gasteiger partial charge in [0.15, 0.2) is 0 Å². The van der Waals surface area contributed by atoms with E-state index in [4.69, 9.17) is 0 Å². The number of hydrogen-bond acceptors (Lipinski definition) is 2. The summed E-state index contributed by atoms with van der Waals surface area (Å²) in [6, 6.07) is 7.89. The lowest BCUT2D eigenvalue weighted by Gasteiger charge is -2.29. The van der Waals surface area contributed by atoms with Crippen LogP contribution in [0.4, 0.5) is 0 Å². The fraction of sp³-hybridized carbons (Fsp3) is 0.611. The monoisotopic (exact) mass is 305 g/mol. The van der Waals surface area contributed by atoms with Gasteiger partial charge in [-0.05, 0) is 48.3 Å². The van der Waals surface area contributed by atoms with Crippen molar-refractivity contribution in [2.75, 3.05) is 13.1 Å². The molecule has 2 rings (SSSR count). The molecule has 0 radical (unpaired) electrons. The molecule has 1 aromatic carbocycles. The van der Waals surface area contributed by atoms with Gasteiger partial charge in [-0.1, -0.05) is 32.9 Å². The van der Waals surface area contributed by atoms with Crippen LogP contribution < -0.4 is 0 Å². The third-order valence-corrected chi connectivity index (χ3v) is 4.90. The third-order valence-electron chi connectivity index (χ3n) is 4.60. The predicted octanol–water partition coefficient (Wildman–Crippen LogP) is 4.19. The molecule has 0 aromatic heterocycles. The molecule has 1 atom stereocenters. The van der Waals surface area contributed by atoms with E-state index in [1.807, 2.05) is 24.3 Å². The minimum atomic E-state index is 0.261. The zero-order valence-electron chi connectivity index (χ0n) is 13.4. The lowest BCUT2D eigenvalue weighted by atomic mass is 9.77. The molecule has 0 bridgehead atoms. The molecule has 116 valence electrons. The van der Waals surface area contributed by atoms with E-state index in [1.165, 1.54) is 6.42 Å². The van der Waals surface area contributed by atoms with Crippen LogP contribution in [-0.4, -0.2) is 23.9 Å². The van der Waals surface area contributed by atoms with E-state index < -0.39 is 0 Å². The summed E-state index contributed by atoms with van der Waals surface area (Å²) in [5.41, 5.74) is 1.43. The molecule has 1 unspecified atom stereocenters. The van der Waals surface area contributed by atoms with E-state index in [9.17, 15) is 4.79 Å². The number of rotatable bonds is 2. The highest BCUT2D eigenvalue weighted by molar-refractivity contribution is 7.80. The minimum Gasteiger partial charge on any atom is -0.342 e. The molecule has 0 N–H and O–H groups in total. The van der Waals surface area contributed by atoms with Gasteiger partial charge >= 0.3 is 0 Å². The number of hydrogen-bond donors (Lipinski definition) is 1. The summed E-state index contributed by atoms with van der Waals surface area (Å²) in [7, 11) is 0. The predicted molar refractivity (Wildman–Crippen MR) is 90.8 cm³/mol. The van der Waals surface area contributed by atoms with Gasteiger partial charge < -0.3 is 4.90 Å². The molecular formula is C18H27NOS. The standard InChI is InChI=1S/C18H27NOS/c1-18(2,3)15-5-4-11-19(12-10-15)17(20)13-14-6-8-16(21)9-7-14/h6-9,15,21H,4-5,10-13H2,1-3H3. The van der Waals surface area contributed by atoms with E-state index in [0.29, 0.717) is 11.8 Å².